The first-order valence-corrected chi connectivity index (χ1v) is 10.8. The molecule has 0 fully saturated rings. The molecule has 1 N–H and O–H groups in total. The van der Waals surface area contributed by atoms with E-state index in [0.717, 1.165) is 24.3 Å². The molecule has 0 unspecified atom stereocenters. The number of rotatable bonds is 5. The summed E-state index contributed by atoms with van der Waals surface area (Å²) in [4.78, 5) is 22.6. The minimum Gasteiger partial charge on any atom is -0.448 e. The topological polar surface area (TPSA) is 120 Å². The number of aryl methyl sites for hydroxylation is 1. The lowest BCUT2D eigenvalue weighted by Crippen LogP contribution is -2.12. The van der Waals surface area contributed by atoms with Crippen LogP contribution < -0.4 is 5.32 Å². The average molecular weight is 454 g/mol. The summed E-state index contributed by atoms with van der Waals surface area (Å²) >= 11 is 0. The minimum atomic E-state index is -3.90. The first kappa shape index (κ1) is 21.2. The number of para-hydroxylation sites is 1. The van der Waals surface area contributed by atoms with Crippen LogP contribution in [0.25, 0.3) is 11.0 Å². The van der Waals surface area contributed by atoms with Crippen LogP contribution in [0, 0.1) is 22.9 Å². The highest BCUT2D eigenvalue weighted by Gasteiger charge is 2.21. The van der Waals surface area contributed by atoms with Crippen LogP contribution in [0.1, 0.15) is 16.1 Å². The van der Waals surface area contributed by atoms with E-state index < -0.39 is 26.5 Å². The van der Waals surface area contributed by atoms with Crippen LogP contribution in [-0.4, -0.2) is 19.2 Å². The summed E-state index contributed by atoms with van der Waals surface area (Å²) in [5.41, 5.74) is 0.551. The highest BCUT2D eigenvalue weighted by atomic mass is 32.2. The molecule has 0 saturated heterocycles. The zero-order chi connectivity index (χ0) is 23.0. The van der Waals surface area contributed by atoms with Gasteiger partial charge in [0, 0.05) is 28.8 Å². The molecule has 0 aliphatic heterocycles. The average Bonchev–Trinajstić information content (AvgIpc) is 3.12. The molecular formula is C22H15FN2O6S. The van der Waals surface area contributed by atoms with E-state index >= 15 is 0 Å². The van der Waals surface area contributed by atoms with Crippen LogP contribution in [0.5, 0.6) is 0 Å². The molecule has 0 spiro atoms. The van der Waals surface area contributed by atoms with E-state index in [1.807, 2.05) is 0 Å². The summed E-state index contributed by atoms with van der Waals surface area (Å²) in [5.74, 6) is -1.23. The molecule has 162 valence electrons. The summed E-state index contributed by atoms with van der Waals surface area (Å²) in [6.07, 6.45) is 0. The van der Waals surface area contributed by atoms with Crippen molar-refractivity contribution in [1.82, 2.24) is 0 Å². The number of carbonyl (C=O) groups is 1. The summed E-state index contributed by atoms with van der Waals surface area (Å²) in [6, 6.07) is 14.3. The number of halogens is 1. The molecule has 0 aliphatic carbocycles. The van der Waals surface area contributed by atoms with Gasteiger partial charge in [-0.1, -0.05) is 12.1 Å². The van der Waals surface area contributed by atoms with Crippen molar-refractivity contribution in [3.05, 3.63) is 94.0 Å². The molecular weight excluding hydrogens is 439 g/mol. The van der Waals surface area contributed by atoms with E-state index in [1.165, 1.54) is 36.4 Å². The molecule has 0 atom stereocenters. The van der Waals surface area contributed by atoms with E-state index in [1.54, 1.807) is 13.0 Å². The fourth-order valence-corrected chi connectivity index (χ4v) is 4.47. The number of carbonyl (C=O) groups excluding carboxylic acids is 1. The Bertz CT molecular complexity index is 1460. The van der Waals surface area contributed by atoms with Crippen molar-refractivity contribution in [3.63, 3.8) is 0 Å². The van der Waals surface area contributed by atoms with E-state index in [-0.39, 0.29) is 26.8 Å². The highest BCUT2D eigenvalue weighted by molar-refractivity contribution is 7.91. The first-order valence-electron chi connectivity index (χ1n) is 9.27. The Balaban J connectivity index is 1.56. The van der Waals surface area contributed by atoms with Crippen LogP contribution >= 0.6 is 0 Å². The number of benzene rings is 3. The number of nitrogens with one attached hydrogen (secondary N) is 1. The van der Waals surface area contributed by atoms with Gasteiger partial charge in [-0.25, -0.2) is 12.8 Å². The van der Waals surface area contributed by atoms with Crippen molar-refractivity contribution in [2.75, 3.05) is 5.32 Å². The van der Waals surface area contributed by atoms with Crippen molar-refractivity contribution >= 4 is 38.1 Å². The summed E-state index contributed by atoms with van der Waals surface area (Å²) < 4.78 is 44.8. The van der Waals surface area contributed by atoms with Crippen LogP contribution in [0.2, 0.25) is 0 Å². The number of nitro groups is 1. The monoisotopic (exact) mass is 454 g/mol. The van der Waals surface area contributed by atoms with Gasteiger partial charge >= 0.3 is 0 Å². The second kappa shape index (κ2) is 7.89. The maximum Gasteiger partial charge on any atom is 0.291 e. The lowest BCUT2D eigenvalue weighted by molar-refractivity contribution is -0.384. The van der Waals surface area contributed by atoms with Crippen LogP contribution in [0.15, 0.2) is 80.9 Å². The van der Waals surface area contributed by atoms with Gasteiger partial charge in [0.05, 0.1) is 14.7 Å². The van der Waals surface area contributed by atoms with Crippen molar-refractivity contribution < 1.29 is 26.9 Å². The molecule has 32 heavy (non-hydrogen) atoms. The van der Waals surface area contributed by atoms with E-state index in [0.29, 0.717) is 16.6 Å². The molecule has 4 rings (SSSR count). The summed E-state index contributed by atoms with van der Waals surface area (Å²) in [5, 5.41) is 13.8. The van der Waals surface area contributed by atoms with Gasteiger partial charge in [-0.15, -0.1) is 0 Å². The number of fused-ring (bicyclic) bond motifs is 1. The Hall–Kier alpha value is -4.05. The van der Waals surface area contributed by atoms with Crippen molar-refractivity contribution in [2.45, 2.75) is 16.7 Å². The van der Waals surface area contributed by atoms with Gasteiger partial charge in [0.2, 0.25) is 9.84 Å². The number of hydrogen-bond donors (Lipinski definition) is 1. The maximum absolute atomic E-state index is 13.9. The van der Waals surface area contributed by atoms with Gasteiger partial charge in [0.25, 0.3) is 11.6 Å². The molecule has 1 aromatic heterocycles. The number of anilines is 1. The Morgan fingerprint density at radius 2 is 1.59 bits per heavy atom. The zero-order valence-electron chi connectivity index (χ0n) is 16.5. The Labute approximate surface area is 181 Å². The van der Waals surface area contributed by atoms with Gasteiger partial charge in [0.1, 0.15) is 0 Å². The second-order valence-electron chi connectivity index (χ2n) is 6.91. The van der Waals surface area contributed by atoms with Crippen LogP contribution in [-0.2, 0) is 9.84 Å². The number of nitrogens with zero attached hydrogens (tertiary/aromatic N) is 1. The second-order valence-corrected chi connectivity index (χ2v) is 8.86. The minimum absolute atomic E-state index is 0.0142. The molecule has 4 aromatic rings. The van der Waals surface area contributed by atoms with Crippen molar-refractivity contribution in [3.8, 4) is 0 Å². The van der Waals surface area contributed by atoms with E-state index in [2.05, 4.69) is 5.32 Å². The number of furan rings is 1. The number of amides is 1. The Morgan fingerprint density at radius 3 is 2.16 bits per heavy atom. The summed E-state index contributed by atoms with van der Waals surface area (Å²) in [7, 11) is -3.90. The zero-order valence-corrected chi connectivity index (χ0v) is 17.4. The third-order valence-electron chi connectivity index (χ3n) is 4.90. The largest absolute Gasteiger partial charge is 0.448 e. The normalized spacial score (nSPS) is 11.4. The third kappa shape index (κ3) is 3.71. The quantitative estimate of drug-likeness (QED) is 0.339. The van der Waals surface area contributed by atoms with Gasteiger partial charge in [0.15, 0.2) is 17.2 Å². The number of hydrogen-bond acceptors (Lipinski definition) is 6. The molecule has 1 amide bonds. The number of sulfone groups is 1. The molecule has 0 aliphatic rings. The lowest BCUT2D eigenvalue weighted by atomic mass is 10.1. The number of non-ortho nitro benzene ring substituents is 1. The summed E-state index contributed by atoms with van der Waals surface area (Å²) in [6.45, 7) is 1.64. The van der Waals surface area contributed by atoms with Crippen LogP contribution in [0.4, 0.5) is 15.8 Å². The smallest absolute Gasteiger partial charge is 0.291 e. The predicted octanol–water partition coefficient (Wildman–Crippen LogP) is 4.87. The van der Waals surface area contributed by atoms with Gasteiger partial charge in [-0.3, -0.25) is 14.9 Å². The van der Waals surface area contributed by atoms with Crippen molar-refractivity contribution in [1.29, 1.82) is 0 Å². The Kier molecular flexibility index (Phi) is 5.23. The molecule has 3 aromatic carbocycles. The van der Waals surface area contributed by atoms with E-state index in [9.17, 15) is 27.7 Å². The SMILES string of the molecule is Cc1c(C(=O)Nc2ccc(S(=O)(=O)c3ccc([N+](=O)[O-])cc3)cc2)oc2c(F)cccc12. The fourth-order valence-electron chi connectivity index (χ4n) is 3.21. The first-order chi connectivity index (χ1) is 15.2. The fraction of sp³-hybridized carbons (Fsp3) is 0.0455. The van der Waals surface area contributed by atoms with Gasteiger partial charge in [-0.05, 0) is 49.4 Å². The predicted molar refractivity (Wildman–Crippen MR) is 114 cm³/mol. The van der Waals surface area contributed by atoms with Gasteiger partial charge < -0.3 is 9.73 Å². The number of nitro benzene ring substituents is 1. The molecule has 0 radical (unpaired) electrons. The Morgan fingerprint density at radius 1 is 1.00 bits per heavy atom. The molecule has 8 nitrogen and oxygen atoms in total. The van der Waals surface area contributed by atoms with E-state index in [4.69, 9.17) is 4.42 Å². The molecule has 0 saturated carbocycles. The van der Waals surface area contributed by atoms with Crippen LogP contribution in [0.3, 0.4) is 0 Å². The molecule has 1 heterocycles. The van der Waals surface area contributed by atoms with Crippen molar-refractivity contribution in [2.24, 2.45) is 0 Å². The highest BCUT2D eigenvalue weighted by Crippen LogP contribution is 2.28. The van der Waals surface area contributed by atoms with Gasteiger partial charge in [-0.2, -0.15) is 0 Å². The maximum atomic E-state index is 13.9. The third-order valence-corrected chi connectivity index (χ3v) is 6.69. The standard InChI is InChI=1S/C22H15FN2O6S/c1-13-18-3-2-4-19(23)21(18)31-20(13)22(26)24-14-5-9-16(10-6-14)32(29,30)17-11-7-15(8-12-17)25(27)28/h2-12H,1H3,(H,24,26). The lowest BCUT2D eigenvalue weighted by Gasteiger charge is -2.07. The molecule has 0 bridgehead atoms. The molecule has 10 heteroatoms.